The topological polar surface area (TPSA) is 27.8 Å². The van der Waals surface area contributed by atoms with Gasteiger partial charge in [0, 0.05) is 23.1 Å². The van der Waals surface area contributed by atoms with Crippen molar-refractivity contribution >= 4 is 24.2 Å². The van der Waals surface area contributed by atoms with Crippen molar-refractivity contribution in [1.82, 2.24) is 10.3 Å². The molecule has 0 amide bonds. The van der Waals surface area contributed by atoms with Crippen LogP contribution in [-0.4, -0.2) is 19.4 Å². The van der Waals surface area contributed by atoms with Crippen LogP contribution in [0.1, 0.15) is 28.4 Å². The molecule has 2 N–H and O–H groups in total. The lowest BCUT2D eigenvalue weighted by atomic mass is 9.90. The molecule has 0 saturated carbocycles. The van der Waals surface area contributed by atoms with Gasteiger partial charge in [-0.15, -0.1) is 0 Å². The van der Waals surface area contributed by atoms with Gasteiger partial charge in [0.1, 0.15) is 7.85 Å². The highest BCUT2D eigenvalue weighted by molar-refractivity contribution is 6.33. The van der Waals surface area contributed by atoms with Gasteiger partial charge in [-0.1, -0.05) is 29.7 Å². The number of aromatic nitrogens is 1. The third-order valence-corrected chi connectivity index (χ3v) is 4.52. The molecule has 0 aliphatic carbocycles. The summed E-state index contributed by atoms with van der Waals surface area (Å²) >= 11 is 0. The Balaban J connectivity index is 1.84. The van der Waals surface area contributed by atoms with Gasteiger partial charge in [0.05, 0.1) is 11.6 Å². The van der Waals surface area contributed by atoms with Gasteiger partial charge in [0.25, 0.3) is 0 Å². The van der Waals surface area contributed by atoms with Crippen molar-refractivity contribution < 1.29 is 13.2 Å². The number of fused-ring (bicyclic) bond motifs is 3. The summed E-state index contributed by atoms with van der Waals surface area (Å²) in [6, 6.07) is 10.8. The van der Waals surface area contributed by atoms with Crippen LogP contribution in [0.4, 0.5) is 13.2 Å². The minimum Gasteiger partial charge on any atom is -0.357 e. The Labute approximate surface area is 138 Å². The monoisotopic (exact) mass is 326 g/mol. The van der Waals surface area contributed by atoms with E-state index in [9.17, 15) is 13.2 Å². The van der Waals surface area contributed by atoms with Crippen LogP contribution < -0.4 is 10.8 Å². The predicted octanol–water partition coefficient (Wildman–Crippen LogP) is 3.22. The van der Waals surface area contributed by atoms with Crippen molar-refractivity contribution in [3.05, 3.63) is 64.8 Å². The van der Waals surface area contributed by atoms with Crippen LogP contribution >= 0.6 is 0 Å². The van der Waals surface area contributed by atoms with Crippen LogP contribution in [-0.2, 0) is 12.6 Å². The zero-order valence-corrected chi connectivity index (χ0v) is 12.7. The van der Waals surface area contributed by atoms with E-state index in [1.54, 1.807) is 6.07 Å². The number of aromatic amines is 1. The number of nitrogens with one attached hydrogen (secondary N) is 2. The molecule has 3 aromatic rings. The largest absolute Gasteiger partial charge is 0.416 e. The van der Waals surface area contributed by atoms with E-state index >= 15 is 0 Å². The maximum atomic E-state index is 13.0. The highest BCUT2D eigenvalue weighted by Crippen LogP contribution is 2.36. The van der Waals surface area contributed by atoms with Crippen molar-refractivity contribution in [3.8, 4) is 0 Å². The Bertz CT molecular complexity index is 914. The molecule has 1 unspecified atom stereocenters. The van der Waals surface area contributed by atoms with Crippen molar-refractivity contribution in [2.45, 2.75) is 18.6 Å². The van der Waals surface area contributed by atoms with Gasteiger partial charge < -0.3 is 10.3 Å². The van der Waals surface area contributed by atoms with Crippen LogP contribution in [0.5, 0.6) is 0 Å². The average Bonchev–Trinajstić information content (AvgIpc) is 2.92. The van der Waals surface area contributed by atoms with Gasteiger partial charge in [0.2, 0.25) is 0 Å². The highest BCUT2D eigenvalue weighted by atomic mass is 19.4. The number of H-pyrrole nitrogens is 1. The smallest absolute Gasteiger partial charge is 0.357 e. The molecule has 4 rings (SSSR count). The first kappa shape index (κ1) is 15.3. The van der Waals surface area contributed by atoms with E-state index in [1.807, 2.05) is 18.2 Å². The van der Waals surface area contributed by atoms with Crippen molar-refractivity contribution in [1.29, 1.82) is 0 Å². The molecule has 0 bridgehead atoms. The fourth-order valence-corrected chi connectivity index (χ4v) is 3.42. The molecule has 0 spiro atoms. The summed E-state index contributed by atoms with van der Waals surface area (Å²) < 4.78 is 39.0. The second-order valence-electron chi connectivity index (χ2n) is 6.08. The molecule has 2 radical (unpaired) electrons. The third-order valence-electron chi connectivity index (χ3n) is 4.52. The van der Waals surface area contributed by atoms with Gasteiger partial charge in [-0.3, -0.25) is 0 Å². The van der Waals surface area contributed by atoms with Crippen LogP contribution in [0, 0.1) is 0 Å². The lowest BCUT2D eigenvalue weighted by Crippen LogP contribution is -2.30. The SMILES string of the molecule is [B]c1ccc2[nH]c3c(c2c1)CCNC3c1cccc(C(F)(F)F)c1. The van der Waals surface area contributed by atoms with Crippen LogP contribution in [0.25, 0.3) is 10.9 Å². The van der Waals surface area contributed by atoms with E-state index in [0.29, 0.717) is 17.6 Å². The normalized spacial score (nSPS) is 17.9. The Morgan fingerprint density at radius 1 is 1.08 bits per heavy atom. The van der Waals surface area contributed by atoms with Gasteiger partial charge in [0.15, 0.2) is 0 Å². The first-order valence-corrected chi connectivity index (χ1v) is 7.74. The molecule has 0 fully saturated rings. The minimum atomic E-state index is -4.34. The molecule has 2 aromatic carbocycles. The Hall–Kier alpha value is -2.21. The third kappa shape index (κ3) is 2.51. The maximum absolute atomic E-state index is 13.0. The molecule has 1 aliphatic heterocycles. The van der Waals surface area contributed by atoms with Gasteiger partial charge in [-0.25, -0.2) is 0 Å². The summed E-state index contributed by atoms with van der Waals surface area (Å²) in [4.78, 5) is 3.35. The molecule has 24 heavy (non-hydrogen) atoms. The fraction of sp³-hybridized carbons (Fsp3) is 0.222. The summed E-state index contributed by atoms with van der Waals surface area (Å²) in [5.74, 6) is 0. The molecular weight excluding hydrogens is 312 g/mol. The second kappa shape index (κ2) is 5.41. The van der Waals surface area contributed by atoms with Crippen molar-refractivity contribution in [3.63, 3.8) is 0 Å². The number of hydrogen-bond donors (Lipinski definition) is 2. The lowest BCUT2D eigenvalue weighted by Gasteiger charge is -2.25. The number of rotatable bonds is 1. The second-order valence-corrected chi connectivity index (χ2v) is 6.08. The molecule has 120 valence electrons. The summed E-state index contributed by atoms with van der Waals surface area (Å²) in [5, 5.41) is 4.36. The molecule has 6 heteroatoms. The van der Waals surface area contributed by atoms with E-state index in [-0.39, 0.29) is 6.04 Å². The first-order valence-electron chi connectivity index (χ1n) is 7.74. The molecular formula is C18H14BF3N2. The summed E-state index contributed by atoms with van der Waals surface area (Å²) in [6.45, 7) is 0.704. The van der Waals surface area contributed by atoms with Crippen LogP contribution in [0.15, 0.2) is 42.5 Å². The fourth-order valence-electron chi connectivity index (χ4n) is 3.42. The molecule has 2 heterocycles. The van der Waals surface area contributed by atoms with Crippen LogP contribution in [0.2, 0.25) is 0 Å². The highest BCUT2D eigenvalue weighted by Gasteiger charge is 2.32. The molecule has 1 aromatic heterocycles. The van der Waals surface area contributed by atoms with Gasteiger partial charge >= 0.3 is 6.18 Å². The number of halogens is 3. The lowest BCUT2D eigenvalue weighted by molar-refractivity contribution is -0.137. The first-order chi connectivity index (χ1) is 11.4. The van der Waals surface area contributed by atoms with E-state index in [1.165, 1.54) is 12.1 Å². The van der Waals surface area contributed by atoms with Crippen molar-refractivity contribution in [2.24, 2.45) is 0 Å². The summed E-state index contributed by atoms with van der Waals surface area (Å²) in [7, 11) is 5.88. The average molecular weight is 326 g/mol. The Morgan fingerprint density at radius 2 is 1.92 bits per heavy atom. The number of alkyl halides is 3. The number of benzene rings is 2. The molecule has 0 saturated heterocycles. The van der Waals surface area contributed by atoms with Crippen molar-refractivity contribution in [2.75, 3.05) is 6.54 Å². The quantitative estimate of drug-likeness (QED) is 0.661. The molecule has 2 nitrogen and oxygen atoms in total. The maximum Gasteiger partial charge on any atom is 0.416 e. The summed E-state index contributed by atoms with van der Waals surface area (Å²) in [5.41, 5.74) is 3.65. The zero-order valence-electron chi connectivity index (χ0n) is 12.7. The van der Waals surface area contributed by atoms with Crippen LogP contribution in [0.3, 0.4) is 0 Å². The predicted molar refractivity (Wildman–Crippen MR) is 88.7 cm³/mol. The Kier molecular flexibility index (Phi) is 3.46. The van der Waals surface area contributed by atoms with E-state index in [4.69, 9.17) is 7.85 Å². The number of hydrogen-bond acceptors (Lipinski definition) is 1. The molecule has 1 atom stereocenters. The van der Waals surface area contributed by atoms with E-state index < -0.39 is 11.7 Å². The van der Waals surface area contributed by atoms with Gasteiger partial charge in [-0.2, -0.15) is 13.2 Å². The van der Waals surface area contributed by atoms with Gasteiger partial charge in [-0.05, 0) is 35.7 Å². The Morgan fingerprint density at radius 3 is 2.71 bits per heavy atom. The zero-order chi connectivity index (χ0) is 16.9. The molecule has 1 aliphatic rings. The van der Waals surface area contributed by atoms with E-state index in [0.717, 1.165) is 34.6 Å². The van der Waals surface area contributed by atoms with E-state index in [2.05, 4.69) is 10.3 Å². The standard InChI is InChI=1S/C18H14BF3N2/c19-12-4-5-15-14(9-12)13-6-7-23-16(17(13)24-15)10-2-1-3-11(8-10)18(20,21)22/h1-5,8-9,16,23-24H,6-7H2. The minimum absolute atomic E-state index is 0.287. The summed E-state index contributed by atoms with van der Waals surface area (Å²) in [6.07, 6.45) is -3.53.